The SMILES string of the molecule is CC(C)(CO)CCCc1ccc(CCCc2ccc(CC(C)(C)CO)o2)o1. The molecule has 0 saturated heterocycles. The van der Waals surface area contributed by atoms with Gasteiger partial charge in [0, 0.05) is 38.9 Å². The van der Waals surface area contributed by atoms with Crippen LogP contribution in [0.1, 0.15) is 70.0 Å². The molecule has 4 nitrogen and oxygen atoms in total. The minimum atomic E-state index is -0.147. The Morgan fingerprint density at radius 3 is 1.63 bits per heavy atom. The van der Waals surface area contributed by atoms with E-state index in [0.29, 0.717) is 0 Å². The monoisotopic (exact) mass is 376 g/mol. The highest BCUT2D eigenvalue weighted by Crippen LogP contribution is 2.24. The maximum absolute atomic E-state index is 9.37. The van der Waals surface area contributed by atoms with Crippen LogP contribution in [0.2, 0.25) is 0 Å². The summed E-state index contributed by atoms with van der Waals surface area (Å²) in [6.45, 7) is 8.63. The summed E-state index contributed by atoms with van der Waals surface area (Å²) in [5.74, 6) is 4.00. The second kappa shape index (κ2) is 9.61. The van der Waals surface area contributed by atoms with Crippen molar-refractivity contribution < 1.29 is 19.0 Å². The molecule has 4 heteroatoms. The van der Waals surface area contributed by atoms with Crippen molar-refractivity contribution in [3.8, 4) is 0 Å². The van der Waals surface area contributed by atoms with Gasteiger partial charge in [-0.1, -0.05) is 27.7 Å². The van der Waals surface area contributed by atoms with Gasteiger partial charge in [-0.25, -0.2) is 0 Å². The maximum atomic E-state index is 9.37. The summed E-state index contributed by atoms with van der Waals surface area (Å²) in [4.78, 5) is 0. The van der Waals surface area contributed by atoms with E-state index in [0.717, 1.165) is 68.0 Å². The number of rotatable bonds is 12. The summed E-state index contributed by atoms with van der Waals surface area (Å²) in [5, 5.41) is 18.7. The van der Waals surface area contributed by atoms with Crippen LogP contribution in [-0.2, 0) is 25.7 Å². The molecule has 0 atom stereocenters. The molecule has 2 heterocycles. The highest BCUT2D eigenvalue weighted by molar-refractivity contribution is 5.10. The average Bonchev–Trinajstić information content (AvgIpc) is 3.24. The van der Waals surface area contributed by atoms with Gasteiger partial charge in [-0.05, 0) is 54.4 Å². The van der Waals surface area contributed by atoms with E-state index in [2.05, 4.69) is 26.0 Å². The Bertz CT molecular complexity index is 678. The summed E-state index contributed by atoms with van der Waals surface area (Å²) in [6.07, 6.45) is 6.47. The Kier molecular flexibility index (Phi) is 7.75. The van der Waals surface area contributed by atoms with Crippen molar-refractivity contribution in [1.29, 1.82) is 0 Å². The Hall–Kier alpha value is -1.52. The van der Waals surface area contributed by atoms with Crippen LogP contribution in [0.15, 0.2) is 33.1 Å². The molecule has 0 aliphatic heterocycles. The van der Waals surface area contributed by atoms with Crippen LogP contribution in [-0.4, -0.2) is 23.4 Å². The van der Waals surface area contributed by atoms with Crippen LogP contribution in [0.25, 0.3) is 0 Å². The lowest BCUT2D eigenvalue weighted by molar-refractivity contribution is 0.147. The first kappa shape index (κ1) is 21.8. The number of aliphatic hydroxyl groups excluding tert-OH is 2. The van der Waals surface area contributed by atoms with Crippen LogP contribution in [0.3, 0.4) is 0 Å². The fraction of sp³-hybridized carbons (Fsp3) is 0.652. The average molecular weight is 377 g/mol. The lowest BCUT2D eigenvalue weighted by Crippen LogP contribution is -2.19. The smallest absolute Gasteiger partial charge is 0.104 e. The van der Waals surface area contributed by atoms with Gasteiger partial charge in [0.25, 0.3) is 0 Å². The molecule has 2 rings (SSSR count). The van der Waals surface area contributed by atoms with Crippen molar-refractivity contribution in [2.75, 3.05) is 13.2 Å². The van der Waals surface area contributed by atoms with Crippen molar-refractivity contribution in [3.63, 3.8) is 0 Å². The molecule has 0 spiro atoms. The second-order valence-corrected chi connectivity index (χ2v) is 9.26. The number of furan rings is 2. The van der Waals surface area contributed by atoms with E-state index >= 15 is 0 Å². The zero-order valence-electron chi connectivity index (χ0n) is 17.4. The zero-order valence-corrected chi connectivity index (χ0v) is 17.4. The number of aryl methyl sites for hydroxylation is 3. The lowest BCUT2D eigenvalue weighted by Gasteiger charge is -2.20. The van der Waals surface area contributed by atoms with Gasteiger partial charge in [-0.2, -0.15) is 0 Å². The number of hydrogen-bond donors (Lipinski definition) is 2. The third kappa shape index (κ3) is 7.55. The lowest BCUT2D eigenvalue weighted by atomic mass is 9.88. The molecular weight excluding hydrogens is 340 g/mol. The van der Waals surface area contributed by atoms with Crippen LogP contribution in [0.5, 0.6) is 0 Å². The predicted octanol–water partition coefficient (Wildman–Crippen LogP) is 4.95. The Morgan fingerprint density at radius 1 is 0.667 bits per heavy atom. The highest BCUT2D eigenvalue weighted by atomic mass is 16.3. The van der Waals surface area contributed by atoms with E-state index in [1.54, 1.807) is 0 Å². The first-order chi connectivity index (χ1) is 12.7. The fourth-order valence-electron chi connectivity index (χ4n) is 3.13. The number of hydrogen-bond acceptors (Lipinski definition) is 4. The second-order valence-electron chi connectivity index (χ2n) is 9.26. The topological polar surface area (TPSA) is 66.7 Å². The summed E-state index contributed by atoms with van der Waals surface area (Å²) >= 11 is 0. The standard InChI is InChI=1S/C23H36O4/c1-22(2,16-24)14-6-9-20-11-10-18(26-20)7-5-8-19-12-13-21(27-19)15-23(3,4)17-25/h10-13,24-25H,5-9,14-17H2,1-4H3. The summed E-state index contributed by atoms with van der Waals surface area (Å²) < 4.78 is 11.8. The van der Waals surface area contributed by atoms with E-state index in [1.165, 1.54) is 0 Å². The molecule has 27 heavy (non-hydrogen) atoms. The van der Waals surface area contributed by atoms with Gasteiger partial charge in [-0.15, -0.1) is 0 Å². The third-order valence-corrected chi connectivity index (χ3v) is 5.07. The molecule has 0 bridgehead atoms. The van der Waals surface area contributed by atoms with Crippen molar-refractivity contribution in [1.82, 2.24) is 0 Å². The van der Waals surface area contributed by atoms with Gasteiger partial charge in [0.1, 0.15) is 23.0 Å². The van der Waals surface area contributed by atoms with E-state index in [4.69, 9.17) is 8.83 Å². The first-order valence-electron chi connectivity index (χ1n) is 10.1. The van der Waals surface area contributed by atoms with Crippen LogP contribution in [0, 0.1) is 10.8 Å². The molecule has 2 aromatic heterocycles. The van der Waals surface area contributed by atoms with Crippen molar-refractivity contribution in [2.24, 2.45) is 10.8 Å². The van der Waals surface area contributed by atoms with Gasteiger partial charge in [-0.3, -0.25) is 0 Å². The Balaban J connectivity index is 1.72. The molecule has 2 N–H and O–H groups in total. The predicted molar refractivity (Wildman–Crippen MR) is 108 cm³/mol. The molecule has 2 aromatic rings. The van der Waals surface area contributed by atoms with Gasteiger partial charge in [0.05, 0.1) is 0 Å². The van der Waals surface area contributed by atoms with Crippen molar-refractivity contribution >= 4 is 0 Å². The molecule has 0 amide bonds. The minimum absolute atomic E-state index is 0.0102. The van der Waals surface area contributed by atoms with E-state index in [9.17, 15) is 10.2 Å². The molecule has 0 aromatic carbocycles. The molecule has 0 unspecified atom stereocenters. The third-order valence-electron chi connectivity index (χ3n) is 5.07. The molecule has 0 saturated carbocycles. The van der Waals surface area contributed by atoms with E-state index < -0.39 is 0 Å². The van der Waals surface area contributed by atoms with E-state index in [1.807, 2.05) is 26.0 Å². The summed E-state index contributed by atoms with van der Waals surface area (Å²) in [6, 6.07) is 8.21. The molecule has 0 fully saturated rings. The van der Waals surface area contributed by atoms with Gasteiger partial charge < -0.3 is 19.0 Å². The molecule has 0 aliphatic rings. The molecule has 0 radical (unpaired) electrons. The Morgan fingerprint density at radius 2 is 1.11 bits per heavy atom. The van der Waals surface area contributed by atoms with Crippen molar-refractivity contribution in [3.05, 3.63) is 47.3 Å². The fourth-order valence-corrected chi connectivity index (χ4v) is 3.13. The quantitative estimate of drug-likeness (QED) is 0.550. The van der Waals surface area contributed by atoms with Crippen LogP contribution < -0.4 is 0 Å². The number of aliphatic hydroxyl groups is 2. The first-order valence-corrected chi connectivity index (χ1v) is 10.1. The summed E-state index contributed by atoms with van der Waals surface area (Å²) in [5.41, 5.74) is -0.157. The van der Waals surface area contributed by atoms with Crippen LogP contribution >= 0.6 is 0 Å². The Labute approximate surface area is 163 Å². The minimum Gasteiger partial charge on any atom is -0.466 e. The molecule has 152 valence electrons. The van der Waals surface area contributed by atoms with E-state index in [-0.39, 0.29) is 24.0 Å². The normalized spacial score (nSPS) is 12.7. The van der Waals surface area contributed by atoms with Crippen LogP contribution in [0.4, 0.5) is 0 Å². The maximum Gasteiger partial charge on any atom is 0.104 e. The molecular formula is C23H36O4. The summed E-state index contributed by atoms with van der Waals surface area (Å²) in [7, 11) is 0. The van der Waals surface area contributed by atoms with Gasteiger partial charge in [0.15, 0.2) is 0 Å². The highest BCUT2D eigenvalue weighted by Gasteiger charge is 2.19. The van der Waals surface area contributed by atoms with Crippen molar-refractivity contribution in [2.45, 2.75) is 72.6 Å². The van der Waals surface area contributed by atoms with Gasteiger partial charge in [0.2, 0.25) is 0 Å². The zero-order chi connectivity index (χ0) is 19.9. The largest absolute Gasteiger partial charge is 0.466 e. The molecule has 0 aliphatic carbocycles. The van der Waals surface area contributed by atoms with Gasteiger partial charge >= 0.3 is 0 Å².